The van der Waals surface area contributed by atoms with E-state index in [0.29, 0.717) is 17.8 Å². The monoisotopic (exact) mass is 391 g/mol. The molecule has 0 heterocycles. The number of ether oxygens (including phenoxy) is 1. The molecule has 0 fully saturated rings. The topological polar surface area (TPSA) is 61.9 Å². The lowest BCUT2D eigenvalue weighted by molar-refractivity contribution is -0.117. The number of anilines is 1. The van der Waals surface area contributed by atoms with Gasteiger partial charge in [-0.3, -0.25) is 14.5 Å². The van der Waals surface area contributed by atoms with Crippen LogP contribution in [0.25, 0.3) is 0 Å². The minimum Gasteiger partial charge on any atom is -0.435 e. The van der Waals surface area contributed by atoms with Crippen molar-refractivity contribution >= 4 is 17.5 Å². The molecule has 0 atom stereocenters. The fourth-order valence-electron chi connectivity index (χ4n) is 2.54. The normalized spacial score (nSPS) is 10.8. The summed E-state index contributed by atoms with van der Waals surface area (Å²) in [6, 6.07) is 12.9. The lowest BCUT2D eigenvalue weighted by Crippen LogP contribution is -2.29. The van der Waals surface area contributed by atoms with Gasteiger partial charge in [0.25, 0.3) is 5.91 Å². The van der Waals surface area contributed by atoms with Gasteiger partial charge in [-0.2, -0.15) is 8.78 Å². The van der Waals surface area contributed by atoms with Crippen molar-refractivity contribution in [2.45, 2.75) is 13.2 Å². The van der Waals surface area contributed by atoms with Crippen LogP contribution in [0.15, 0.2) is 48.5 Å². The zero-order valence-electron chi connectivity index (χ0n) is 16.0. The van der Waals surface area contributed by atoms with E-state index in [9.17, 15) is 18.4 Å². The Morgan fingerprint density at radius 2 is 1.61 bits per heavy atom. The summed E-state index contributed by atoms with van der Waals surface area (Å²) < 4.78 is 28.6. The Morgan fingerprint density at radius 3 is 2.14 bits per heavy atom. The Morgan fingerprint density at radius 1 is 1.00 bits per heavy atom. The van der Waals surface area contributed by atoms with Gasteiger partial charge in [0.1, 0.15) is 5.75 Å². The van der Waals surface area contributed by atoms with E-state index in [1.807, 2.05) is 0 Å². The summed E-state index contributed by atoms with van der Waals surface area (Å²) in [7, 11) is 5.13. The van der Waals surface area contributed by atoms with E-state index in [2.05, 4.69) is 10.1 Å². The van der Waals surface area contributed by atoms with Crippen LogP contribution in [0.4, 0.5) is 14.5 Å². The summed E-state index contributed by atoms with van der Waals surface area (Å²) in [6.07, 6.45) is 0. The first-order chi connectivity index (χ1) is 13.2. The highest BCUT2D eigenvalue weighted by atomic mass is 19.3. The molecule has 0 bridgehead atoms. The Labute approximate surface area is 162 Å². The molecule has 0 saturated carbocycles. The number of likely N-dealkylation sites (N-methyl/N-ethyl adjacent to an activating group) is 1. The summed E-state index contributed by atoms with van der Waals surface area (Å²) in [6.45, 7) is -2.24. The Bertz CT molecular complexity index is 793. The van der Waals surface area contributed by atoms with E-state index >= 15 is 0 Å². The van der Waals surface area contributed by atoms with Crippen LogP contribution in [-0.2, 0) is 11.3 Å². The van der Waals surface area contributed by atoms with E-state index < -0.39 is 6.61 Å². The number of hydrogen-bond donors (Lipinski definition) is 1. The van der Waals surface area contributed by atoms with E-state index in [0.717, 1.165) is 5.56 Å². The molecule has 28 heavy (non-hydrogen) atoms. The van der Waals surface area contributed by atoms with Gasteiger partial charge < -0.3 is 15.0 Å². The maximum Gasteiger partial charge on any atom is 0.387 e. The molecule has 0 unspecified atom stereocenters. The predicted octanol–water partition coefficient (Wildman–Crippen LogP) is 3.06. The zero-order valence-corrected chi connectivity index (χ0v) is 16.0. The van der Waals surface area contributed by atoms with Gasteiger partial charge in [0.15, 0.2) is 0 Å². The number of nitrogens with zero attached hydrogens (tertiary/aromatic N) is 2. The first-order valence-corrected chi connectivity index (χ1v) is 8.58. The van der Waals surface area contributed by atoms with Crippen molar-refractivity contribution in [3.8, 4) is 5.75 Å². The van der Waals surface area contributed by atoms with Gasteiger partial charge in [0, 0.05) is 31.9 Å². The van der Waals surface area contributed by atoms with Gasteiger partial charge in [0.2, 0.25) is 5.91 Å². The number of hydrogen-bond acceptors (Lipinski definition) is 4. The van der Waals surface area contributed by atoms with Crippen molar-refractivity contribution in [1.82, 2.24) is 9.80 Å². The van der Waals surface area contributed by atoms with Crippen molar-refractivity contribution in [2.75, 3.05) is 33.0 Å². The predicted molar refractivity (Wildman–Crippen MR) is 102 cm³/mol. The van der Waals surface area contributed by atoms with Gasteiger partial charge in [-0.05, 0) is 49.0 Å². The molecule has 2 aromatic carbocycles. The SMILES string of the molecule is CN(CC(=O)Nc1ccc(C(=O)N(C)C)cc1)Cc1ccc(OC(F)F)cc1. The van der Waals surface area contributed by atoms with Gasteiger partial charge in [-0.15, -0.1) is 0 Å². The van der Waals surface area contributed by atoms with Gasteiger partial charge in [0.05, 0.1) is 6.54 Å². The fourth-order valence-corrected chi connectivity index (χ4v) is 2.54. The second kappa shape index (κ2) is 9.80. The maximum atomic E-state index is 12.2. The molecule has 150 valence electrons. The third-order valence-electron chi connectivity index (χ3n) is 3.84. The Hall–Kier alpha value is -3.00. The lowest BCUT2D eigenvalue weighted by atomic mass is 10.2. The van der Waals surface area contributed by atoms with Crippen LogP contribution < -0.4 is 10.1 Å². The van der Waals surface area contributed by atoms with Crippen LogP contribution in [0, 0.1) is 0 Å². The second-order valence-corrected chi connectivity index (χ2v) is 6.52. The minimum atomic E-state index is -2.85. The molecule has 0 aromatic heterocycles. The maximum absolute atomic E-state index is 12.2. The molecular formula is C20H23F2N3O3. The lowest BCUT2D eigenvalue weighted by Gasteiger charge is -2.17. The summed E-state index contributed by atoms with van der Waals surface area (Å²) in [5.41, 5.74) is 2.00. The number of benzene rings is 2. The molecule has 0 radical (unpaired) electrons. The first kappa shape index (κ1) is 21.3. The average Bonchev–Trinajstić information content (AvgIpc) is 2.62. The van der Waals surface area contributed by atoms with Crippen LogP contribution in [0.5, 0.6) is 5.75 Å². The first-order valence-electron chi connectivity index (χ1n) is 8.58. The van der Waals surface area contributed by atoms with E-state index in [4.69, 9.17) is 0 Å². The minimum absolute atomic E-state index is 0.0929. The van der Waals surface area contributed by atoms with Crippen LogP contribution in [0.1, 0.15) is 15.9 Å². The largest absolute Gasteiger partial charge is 0.435 e. The molecule has 0 saturated heterocycles. The number of carbonyl (C=O) groups is 2. The summed E-state index contributed by atoms with van der Waals surface area (Å²) in [5, 5.41) is 2.78. The van der Waals surface area contributed by atoms with Crippen LogP contribution in [0.2, 0.25) is 0 Å². The number of nitrogens with one attached hydrogen (secondary N) is 1. The quantitative estimate of drug-likeness (QED) is 0.751. The molecule has 2 amide bonds. The smallest absolute Gasteiger partial charge is 0.387 e. The molecule has 0 aliphatic heterocycles. The molecule has 1 N–H and O–H groups in total. The van der Waals surface area contributed by atoms with Crippen molar-refractivity contribution < 1.29 is 23.1 Å². The standard InChI is InChI=1S/C20H23F2N3O3/c1-24(2)19(27)15-6-8-16(9-7-15)23-18(26)13-25(3)12-14-4-10-17(11-5-14)28-20(21)22/h4-11,20H,12-13H2,1-3H3,(H,23,26). The highest BCUT2D eigenvalue weighted by Crippen LogP contribution is 2.16. The summed E-state index contributed by atoms with van der Waals surface area (Å²) >= 11 is 0. The molecule has 2 aromatic rings. The van der Waals surface area contributed by atoms with Gasteiger partial charge in [-0.25, -0.2) is 0 Å². The average molecular weight is 391 g/mol. The summed E-state index contributed by atoms with van der Waals surface area (Å²) in [5.74, 6) is -0.218. The Balaban J connectivity index is 1.84. The molecule has 0 aliphatic carbocycles. The second-order valence-electron chi connectivity index (χ2n) is 6.52. The van der Waals surface area contributed by atoms with E-state index in [-0.39, 0.29) is 24.1 Å². The van der Waals surface area contributed by atoms with E-state index in [1.165, 1.54) is 17.0 Å². The molecule has 2 rings (SSSR count). The van der Waals surface area contributed by atoms with Crippen molar-refractivity contribution in [3.63, 3.8) is 0 Å². The Kier molecular flexibility index (Phi) is 7.45. The number of amides is 2. The van der Waals surface area contributed by atoms with Gasteiger partial charge >= 0.3 is 6.61 Å². The van der Waals surface area contributed by atoms with Crippen molar-refractivity contribution in [3.05, 3.63) is 59.7 Å². The molecule has 0 aliphatic rings. The number of carbonyl (C=O) groups excluding carboxylic acids is 2. The molecule has 6 nitrogen and oxygen atoms in total. The third kappa shape index (κ3) is 6.62. The van der Waals surface area contributed by atoms with Crippen molar-refractivity contribution in [1.29, 1.82) is 0 Å². The highest BCUT2D eigenvalue weighted by Gasteiger charge is 2.11. The zero-order chi connectivity index (χ0) is 20.7. The fraction of sp³-hybridized carbons (Fsp3) is 0.300. The van der Waals surface area contributed by atoms with Crippen LogP contribution in [-0.4, -0.2) is 55.9 Å². The number of alkyl halides is 2. The summed E-state index contributed by atoms with van der Waals surface area (Å²) in [4.78, 5) is 27.3. The number of rotatable bonds is 8. The highest BCUT2D eigenvalue weighted by molar-refractivity contribution is 5.95. The molecule has 8 heteroatoms. The van der Waals surface area contributed by atoms with Crippen LogP contribution >= 0.6 is 0 Å². The number of halogens is 2. The third-order valence-corrected chi connectivity index (χ3v) is 3.84. The molecule has 0 spiro atoms. The van der Waals surface area contributed by atoms with E-state index in [1.54, 1.807) is 62.4 Å². The van der Waals surface area contributed by atoms with Gasteiger partial charge in [-0.1, -0.05) is 12.1 Å². The van der Waals surface area contributed by atoms with Crippen molar-refractivity contribution in [2.24, 2.45) is 0 Å². The van der Waals surface area contributed by atoms with Crippen LogP contribution in [0.3, 0.4) is 0 Å². The molecular weight excluding hydrogens is 368 g/mol.